The van der Waals surface area contributed by atoms with Gasteiger partial charge in [0.25, 0.3) is 0 Å². The second kappa shape index (κ2) is 11.0. The number of pyridine rings is 1. The van der Waals surface area contributed by atoms with Gasteiger partial charge < -0.3 is 15.5 Å². The van der Waals surface area contributed by atoms with E-state index in [0.717, 1.165) is 18.3 Å². The summed E-state index contributed by atoms with van der Waals surface area (Å²) in [5, 5.41) is 6.77. The van der Waals surface area contributed by atoms with Gasteiger partial charge in [-0.25, -0.2) is 4.98 Å². The average Bonchev–Trinajstić information content (AvgIpc) is 2.61. The number of nitrogens with zero attached hydrogens (tertiary/aromatic N) is 3. The monoisotopic (exact) mass is 467 g/mol. The van der Waals surface area contributed by atoms with Gasteiger partial charge in [0.1, 0.15) is 5.82 Å². The standard InChI is InChI=1S/C20H29N5.HI/c1-15-7-6-8-18(11-15)16(2)13-23-20(21-3)24-14-17-9-10-22-19(12-17)25(4)5;/h6-12,16H,13-14H2,1-5H3,(H2,21,23,24);1H. The van der Waals surface area contributed by atoms with Crippen molar-refractivity contribution in [3.05, 3.63) is 59.3 Å². The maximum absolute atomic E-state index is 4.34. The summed E-state index contributed by atoms with van der Waals surface area (Å²) in [6, 6.07) is 12.7. The van der Waals surface area contributed by atoms with Crippen LogP contribution in [0.1, 0.15) is 29.5 Å². The van der Waals surface area contributed by atoms with E-state index >= 15 is 0 Å². The molecule has 26 heavy (non-hydrogen) atoms. The van der Waals surface area contributed by atoms with Crippen LogP contribution in [0, 0.1) is 6.92 Å². The number of anilines is 1. The third-order valence-corrected chi connectivity index (χ3v) is 4.14. The highest BCUT2D eigenvalue weighted by Gasteiger charge is 2.07. The first-order valence-corrected chi connectivity index (χ1v) is 8.63. The number of aliphatic imine (C=N–C) groups is 1. The van der Waals surface area contributed by atoms with Crippen LogP contribution in [-0.4, -0.2) is 38.6 Å². The average molecular weight is 467 g/mol. The second-order valence-corrected chi connectivity index (χ2v) is 6.54. The zero-order chi connectivity index (χ0) is 18.2. The maximum atomic E-state index is 4.34. The first kappa shape index (κ1) is 22.2. The van der Waals surface area contributed by atoms with E-state index in [2.05, 4.69) is 64.8 Å². The van der Waals surface area contributed by atoms with Crippen molar-refractivity contribution in [2.45, 2.75) is 26.3 Å². The summed E-state index contributed by atoms with van der Waals surface area (Å²) in [5.74, 6) is 2.18. The fourth-order valence-electron chi connectivity index (χ4n) is 2.57. The van der Waals surface area contributed by atoms with Crippen LogP contribution in [0.3, 0.4) is 0 Å². The van der Waals surface area contributed by atoms with Crippen molar-refractivity contribution in [1.29, 1.82) is 0 Å². The van der Waals surface area contributed by atoms with Gasteiger partial charge in [-0.05, 0) is 36.1 Å². The van der Waals surface area contributed by atoms with Crippen molar-refractivity contribution in [3.63, 3.8) is 0 Å². The molecule has 142 valence electrons. The normalized spacial score (nSPS) is 12.1. The molecule has 2 N–H and O–H groups in total. The molecule has 0 saturated carbocycles. The number of rotatable bonds is 6. The van der Waals surface area contributed by atoms with Gasteiger partial charge in [0.15, 0.2) is 5.96 Å². The lowest BCUT2D eigenvalue weighted by Gasteiger charge is -2.17. The molecule has 0 aliphatic carbocycles. The van der Waals surface area contributed by atoms with E-state index in [-0.39, 0.29) is 24.0 Å². The Balaban J connectivity index is 0.00000338. The lowest BCUT2D eigenvalue weighted by molar-refractivity contribution is 0.698. The van der Waals surface area contributed by atoms with Crippen molar-refractivity contribution in [2.75, 3.05) is 32.6 Å². The Kier molecular flexibility index (Phi) is 9.40. The summed E-state index contributed by atoms with van der Waals surface area (Å²) in [4.78, 5) is 10.7. The number of hydrogen-bond acceptors (Lipinski definition) is 3. The van der Waals surface area contributed by atoms with Crippen LogP contribution in [0.15, 0.2) is 47.6 Å². The summed E-state index contributed by atoms with van der Waals surface area (Å²) in [6.45, 7) is 5.90. The smallest absolute Gasteiger partial charge is 0.191 e. The van der Waals surface area contributed by atoms with Crippen molar-refractivity contribution >= 4 is 35.8 Å². The van der Waals surface area contributed by atoms with E-state index in [1.807, 2.05) is 31.3 Å². The highest BCUT2D eigenvalue weighted by molar-refractivity contribution is 14.0. The second-order valence-electron chi connectivity index (χ2n) is 6.54. The minimum absolute atomic E-state index is 0. The largest absolute Gasteiger partial charge is 0.363 e. The lowest BCUT2D eigenvalue weighted by Crippen LogP contribution is -2.38. The molecule has 0 radical (unpaired) electrons. The Hall–Kier alpha value is -1.83. The molecule has 0 bridgehead atoms. The molecule has 1 heterocycles. The zero-order valence-electron chi connectivity index (χ0n) is 16.3. The van der Waals surface area contributed by atoms with Gasteiger partial charge in [0, 0.05) is 40.4 Å². The van der Waals surface area contributed by atoms with Crippen molar-refractivity contribution in [1.82, 2.24) is 15.6 Å². The number of aryl methyl sites for hydroxylation is 1. The molecule has 1 aromatic heterocycles. The lowest BCUT2D eigenvalue weighted by atomic mass is 9.99. The van der Waals surface area contributed by atoms with E-state index in [4.69, 9.17) is 0 Å². The van der Waals surface area contributed by atoms with Crippen LogP contribution in [0.2, 0.25) is 0 Å². The van der Waals surface area contributed by atoms with Crippen LogP contribution < -0.4 is 15.5 Å². The molecule has 0 amide bonds. The molecule has 1 unspecified atom stereocenters. The van der Waals surface area contributed by atoms with E-state index in [1.54, 1.807) is 7.05 Å². The molecule has 0 spiro atoms. The molecule has 0 aliphatic heterocycles. The highest BCUT2D eigenvalue weighted by atomic mass is 127. The molecule has 0 fully saturated rings. The first-order chi connectivity index (χ1) is 12.0. The predicted molar refractivity (Wildman–Crippen MR) is 122 cm³/mol. The number of guanidine groups is 1. The minimum atomic E-state index is 0. The molecule has 5 nitrogen and oxygen atoms in total. The fraction of sp³-hybridized carbons (Fsp3) is 0.400. The van der Waals surface area contributed by atoms with E-state index in [9.17, 15) is 0 Å². The Morgan fingerprint density at radius 1 is 1.19 bits per heavy atom. The molecule has 2 aromatic rings. The molecular weight excluding hydrogens is 437 g/mol. The van der Waals surface area contributed by atoms with Crippen LogP contribution >= 0.6 is 24.0 Å². The Morgan fingerprint density at radius 3 is 2.62 bits per heavy atom. The number of hydrogen-bond donors (Lipinski definition) is 2. The summed E-state index contributed by atoms with van der Waals surface area (Å²) >= 11 is 0. The molecule has 6 heteroatoms. The molecule has 2 rings (SSSR count). The van der Waals surface area contributed by atoms with Crippen LogP contribution in [0.25, 0.3) is 0 Å². The van der Waals surface area contributed by atoms with Gasteiger partial charge in [-0.15, -0.1) is 24.0 Å². The number of nitrogens with one attached hydrogen (secondary N) is 2. The molecule has 0 aliphatic rings. The topological polar surface area (TPSA) is 52.6 Å². The first-order valence-electron chi connectivity index (χ1n) is 8.63. The third-order valence-electron chi connectivity index (χ3n) is 4.14. The van der Waals surface area contributed by atoms with Crippen LogP contribution in [-0.2, 0) is 6.54 Å². The number of halogens is 1. The maximum Gasteiger partial charge on any atom is 0.191 e. The summed E-state index contributed by atoms with van der Waals surface area (Å²) in [7, 11) is 5.78. The Labute approximate surface area is 174 Å². The summed E-state index contributed by atoms with van der Waals surface area (Å²) < 4.78 is 0. The molecule has 0 saturated heterocycles. The van der Waals surface area contributed by atoms with E-state index < -0.39 is 0 Å². The zero-order valence-corrected chi connectivity index (χ0v) is 18.6. The van der Waals surface area contributed by atoms with Crippen molar-refractivity contribution in [2.24, 2.45) is 4.99 Å². The predicted octanol–water partition coefficient (Wildman–Crippen LogP) is 3.54. The quantitative estimate of drug-likeness (QED) is 0.388. The minimum Gasteiger partial charge on any atom is -0.363 e. The van der Waals surface area contributed by atoms with E-state index in [1.165, 1.54) is 16.7 Å². The number of aromatic nitrogens is 1. The molecular formula is C20H30IN5. The molecule has 1 atom stereocenters. The van der Waals surface area contributed by atoms with Gasteiger partial charge in [-0.1, -0.05) is 36.8 Å². The van der Waals surface area contributed by atoms with Crippen LogP contribution in [0.5, 0.6) is 0 Å². The highest BCUT2D eigenvalue weighted by Crippen LogP contribution is 2.15. The van der Waals surface area contributed by atoms with Crippen molar-refractivity contribution < 1.29 is 0 Å². The van der Waals surface area contributed by atoms with Crippen LogP contribution in [0.4, 0.5) is 5.82 Å². The molecule has 1 aromatic carbocycles. The Morgan fingerprint density at radius 2 is 1.96 bits per heavy atom. The van der Waals surface area contributed by atoms with Gasteiger partial charge in [-0.3, -0.25) is 4.99 Å². The van der Waals surface area contributed by atoms with Gasteiger partial charge in [0.05, 0.1) is 0 Å². The number of benzene rings is 1. The Bertz CT molecular complexity index is 715. The summed E-state index contributed by atoms with van der Waals surface area (Å²) in [5.41, 5.74) is 3.81. The SMILES string of the molecule is CN=C(NCc1ccnc(N(C)C)c1)NCC(C)c1cccc(C)c1.I. The fourth-order valence-corrected chi connectivity index (χ4v) is 2.57. The summed E-state index contributed by atoms with van der Waals surface area (Å²) in [6.07, 6.45) is 1.84. The van der Waals surface area contributed by atoms with E-state index in [0.29, 0.717) is 12.5 Å². The van der Waals surface area contributed by atoms with Crippen molar-refractivity contribution in [3.8, 4) is 0 Å². The van der Waals surface area contributed by atoms with Gasteiger partial charge in [0.2, 0.25) is 0 Å². The third kappa shape index (κ3) is 6.82. The van der Waals surface area contributed by atoms with Gasteiger partial charge in [-0.2, -0.15) is 0 Å². The van der Waals surface area contributed by atoms with Gasteiger partial charge >= 0.3 is 0 Å².